The molecule has 4 nitrogen and oxygen atoms in total. The van der Waals surface area contributed by atoms with Crippen molar-refractivity contribution in [2.45, 2.75) is 32.7 Å². The maximum absolute atomic E-state index is 11.9. The molecule has 0 aliphatic rings. The van der Waals surface area contributed by atoms with Crippen molar-refractivity contribution < 1.29 is 9.53 Å². The van der Waals surface area contributed by atoms with Crippen LogP contribution in [-0.4, -0.2) is 31.7 Å². The molecule has 1 aromatic carbocycles. The van der Waals surface area contributed by atoms with Crippen molar-refractivity contribution in [2.75, 3.05) is 25.6 Å². The highest BCUT2D eigenvalue weighted by Crippen LogP contribution is 2.15. The van der Waals surface area contributed by atoms with E-state index in [1.807, 2.05) is 45.0 Å². The van der Waals surface area contributed by atoms with Crippen LogP contribution in [0.2, 0.25) is 0 Å². The number of hydrogen-bond donors (Lipinski definition) is 2. The number of hydrogen-bond acceptors (Lipinski definition) is 3. The molecular weight excluding hydrogens is 240 g/mol. The van der Waals surface area contributed by atoms with Gasteiger partial charge in [-0.3, -0.25) is 4.79 Å². The van der Waals surface area contributed by atoms with E-state index in [0.29, 0.717) is 13.2 Å². The molecule has 1 rings (SSSR count). The fourth-order valence-electron chi connectivity index (χ4n) is 1.61. The summed E-state index contributed by atoms with van der Waals surface area (Å²) in [6.07, 6.45) is 0.791. The Hall–Kier alpha value is -1.39. The summed E-state index contributed by atoms with van der Waals surface area (Å²) in [6.45, 7) is 7.06. The van der Waals surface area contributed by atoms with Gasteiger partial charge in [-0.2, -0.15) is 0 Å². The number of carbonyl (C=O) groups excluding carboxylic acids is 1. The second-order valence-electron chi connectivity index (χ2n) is 5.55. The molecule has 0 aliphatic heterocycles. The van der Waals surface area contributed by atoms with Crippen LogP contribution in [0.1, 0.15) is 26.3 Å². The van der Waals surface area contributed by atoms with Gasteiger partial charge in [0.25, 0.3) is 0 Å². The maximum atomic E-state index is 11.9. The van der Waals surface area contributed by atoms with E-state index >= 15 is 0 Å². The summed E-state index contributed by atoms with van der Waals surface area (Å²) in [7, 11) is 1.68. The van der Waals surface area contributed by atoms with Crippen LogP contribution < -0.4 is 10.6 Å². The van der Waals surface area contributed by atoms with Crippen molar-refractivity contribution in [1.82, 2.24) is 5.32 Å². The van der Waals surface area contributed by atoms with Crippen LogP contribution in [0.4, 0.5) is 5.69 Å². The molecule has 2 N–H and O–H groups in total. The summed E-state index contributed by atoms with van der Waals surface area (Å²) in [6, 6.07) is 7.81. The zero-order valence-electron chi connectivity index (χ0n) is 12.2. The topological polar surface area (TPSA) is 50.4 Å². The van der Waals surface area contributed by atoms with Gasteiger partial charge in [-0.1, -0.05) is 18.2 Å². The number of methoxy groups -OCH3 is 1. The van der Waals surface area contributed by atoms with Gasteiger partial charge in [0.1, 0.15) is 0 Å². The van der Waals surface area contributed by atoms with Crippen LogP contribution >= 0.6 is 0 Å². The predicted molar refractivity (Wildman–Crippen MR) is 78.4 cm³/mol. The lowest BCUT2D eigenvalue weighted by Crippen LogP contribution is -2.41. The lowest BCUT2D eigenvalue weighted by molar-refractivity contribution is -0.115. The first kappa shape index (κ1) is 15.7. The van der Waals surface area contributed by atoms with Crippen LogP contribution in [0.5, 0.6) is 0 Å². The summed E-state index contributed by atoms with van der Waals surface area (Å²) < 4.78 is 5.07. The summed E-state index contributed by atoms with van der Waals surface area (Å²) in [5.41, 5.74) is 1.89. The molecule has 19 heavy (non-hydrogen) atoms. The SMILES string of the molecule is COCCc1ccccc1NC(=O)CNC(C)(C)C. The number of nitrogens with one attached hydrogen (secondary N) is 2. The highest BCUT2D eigenvalue weighted by Gasteiger charge is 2.12. The van der Waals surface area contributed by atoms with E-state index in [4.69, 9.17) is 4.74 Å². The van der Waals surface area contributed by atoms with E-state index in [1.165, 1.54) is 0 Å². The second-order valence-corrected chi connectivity index (χ2v) is 5.55. The molecular formula is C15H24N2O2. The molecule has 0 saturated carbocycles. The van der Waals surface area contributed by atoms with Gasteiger partial charge in [0, 0.05) is 18.3 Å². The van der Waals surface area contributed by atoms with E-state index in [-0.39, 0.29) is 11.4 Å². The quantitative estimate of drug-likeness (QED) is 0.828. The molecule has 0 heterocycles. The largest absolute Gasteiger partial charge is 0.384 e. The average Bonchev–Trinajstić information content (AvgIpc) is 2.34. The molecule has 1 aromatic rings. The van der Waals surface area contributed by atoms with Gasteiger partial charge >= 0.3 is 0 Å². The Morgan fingerprint density at radius 2 is 1.95 bits per heavy atom. The third kappa shape index (κ3) is 6.36. The Morgan fingerprint density at radius 3 is 2.58 bits per heavy atom. The normalized spacial score (nSPS) is 11.4. The molecule has 0 spiro atoms. The van der Waals surface area contributed by atoms with Gasteiger partial charge < -0.3 is 15.4 Å². The third-order valence-corrected chi connectivity index (χ3v) is 2.65. The summed E-state index contributed by atoms with van der Waals surface area (Å²) in [5, 5.41) is 6.10. The first-order valence-corrected chi connectivity index (χ1v) is 6.54. The highest BCUT2D eigenvalue weighted by molar-refractivity contribution is 5.93. The number of rotatable bonds is 6. The van der Waals surface area contributed by atoms with Gasteiger partial charge in [0.2, 0.25) is 5.91 Å². The van der Waals surface area contributed by atoms with E-state index in [2.05, 4.69) is 10.6 Å². The summed E-state index contributed by atoms with van der Waals surface area (Å²) in [4.78, 5) is 11.9. The van der Waals surface area contributed by atoms with Gasteiger partial charge in [0.15, 0.2) is 0 Å². The van der Waals surface area contributed by atoms with Crippen LogP contribution in [0.15, 0.2) is 24.3 Å². The Kier molecular flexibility index (Phi) is 5.99. The molecule has 0 bridgehead atoms. The fourth-order valence-corrected chi connectivity index (χ4v) is 1.61. The Labute approximate surface area is 115 Å². The minimum absolute atomic E-state index is 0.0280. The van der Waals surface area contributed by atoms with E-state index in [0.717, 1.165) is 17.7 Å². The molecule has 0 aliphatic carbocycles. The summed E-state index contributed by atoms with van der Waals surface area (Å²) >= 11 is 0. The third-order valence-electron chi connectivity index (χ3n) is 2.65. The maximum Gasteiger partial charge on any atom is 0.238 e. The van der Waals surface area contributed by atoms with Crippen molar-refractivity contribution in [2.24, 2.45) is 0 Å². The molecule has 0 saturated heterocycles. The fraction of sp³-hybridized carbons (Fsp3) is 0.533. The van der Waals surface area contributed by atoms with E-state index < -0.39 is 0 Å². The Bertz CT molecular complexity index is 411. The number of anilines is 1. The van der Waals surface area contributed by atoms with Gasteiger partial charge in [0.05, 0.1) is 13.2 Å². The number of ether oxygens (including phenoxy) is 1. The van der Waals surface area contributed by atoms with Crippen molar-refractivity contribution in [3.8, 4) is 0 Å². The smallest absolute Gasteiger partial charge is 0.238 e. The molecule has 0 radical (unpaired) electrons. The van der Waals surface area contributed by atoms with Gasteiger partial charge in [-0.25, -0.2) is 0 Å². The monoisotopic (exact) mass is 264 g/mol. The summed E-state index contributed by atoms with van der Waals surface area (Å²) in [5.74, 6) is -0.0280. The molecule has 0 fully saturated rings. The van der Waals surface area contributed by atoms with Crippen molar-refractivity contribution in [3.63, 3.8) is 0 Å². The van der Waals surface area contributed by atoms with E-state index in [1.54, 1.807) is 7.11 Å². The molecule has 0 unspecified atom stereocenters. The zero-order valence-corrected chi connectivity index (χ0v) is 12.2. The van der Waals surface area contributed by atoms with Crippen LogP contribution in [-0.2, 0) is 16.0 Å². The number of carbonyl (C=O) groups is 1. The molecule has 106 valence electrons. The van der Waals surface area contributed by atoms with Crippen LogP contribution in [0.3, 0.4) is 0 Å². The molecule has 0 aromatic heterocycles. The predicted octanol–water partition coefficient (Wildman–Crippen LogP) is 2.20. The van der Waals surface area contributed by atoms with Crippen molar-refractivity contribution in [1.29, 1.82) is 0 Å². The number of benzene rings is 1. The Morgan fingerprint density at radius 1 is 1.26 bits per heavy atom. The first-order valence-electron chi connectivity index (χ1n) is 6.54. The van der Waals surface area contributed by atoms with Crippen LogP contribution in [0.25, 0.3) is 0 Å². The second kappa shape index (κ2) is 7.26. The van der Waals surface area contributed by atoms with Gasteiger partial charge in [-0.05, 0) is 38.8 Å². The highest BCUT2D eigenvalue weighted by atomic mass is 16.5. The minimum atomic E-state index is -0.0626. The minimum Gasteiger partial charge on any atom is -0.384 e. The lowest BCUT2D eigenvalue weighted by atomic mass is 10.1. The zero-order chi connectivity index (χ0) is 14.3. The Balaban J connectivity index is 2.58. The molecule has 1 amide bonds. The molecule has 0 atom stereocenters. The number of para-hydroxylation sites is 1. The lowest BCUT2D eigenvalue weighted by Gasteiger charge is -2.20. The van der Waals surface area contributed by atoms with Crippen LogP contribution in [0, 0.1) is 0 Å². The molecule has 4 heteroatoms. The van der Waals surface area contributed by atoms with E-state index in [9.17, 15) is 4.79 Å². The first-order chi connectivity index (χ1) is 8.92. The van der Waals surface area contributed by atoms with Crippen molar-refractivity contribution >= 4 is 11.6 Å². The van der Waals surface area contributed by atoms with Gasteiger partial charge in [-0.15, -0.1) is 0 Å². The number of amides is 1. The average molecular weight is 264 g/mol. The van der Waals surface area contributed by atoms with Crippen molar-refractivity contribution in [3.05, 3.63) is 29.8 Å². The standard InChI is InChI=1S/C15H24N2O2/c1-15(2,3)16-11-14(18)17-13-8-6-5-7-12(13)9-10-19-4/h5-8,16H,9-11H2,1-4H3,(H,17,18).